The number of ether oxygens (including phenoxy) is 1. The molecule has 2 amide bonds. The van der Waals surface area contributed by atoms with Gasteiger partial charge in [-0.2, -0.15) is 0 Å². The lowest BCUT2D eigenvalue weighted by molar-refractivity contribution is -0.134. The maximum absolute atomic E-state index is 12.9. The fourth-order valence-electron chi connectivity index (χ4n) is 3.07. The number of carbonyl (C=O) groups is 2. The van der Waals surface area contributed by atoms with Crippen LogP contribution in [0.2, 0.25) is 0 Å². The molecule has 1 N–H and O–H groups in total. The number of rotatable bonds is 9. The Kier molecular flexibility index (Phi) is 6.18. The number of furan rings is 1. The third-order valence-electron chi connectivity index (χ3n) is 4.83. The van der Waals surface area contributed by atoms with Crippen LogP contribution in [0.1, 0.15) is 28.4 Å². The van der Waals surface area contributed by atoms with Gasteiger partial charge in [0.2, 0.25) is 5.91 Å². The van der Waals surface area contributed by atoms with Crippen molar-refractivity contribution in [3.05, 3.63) is 70.3 Å². The lowest BCUT2D eigenvalue weighted by Gasteiger charge is -2.21. The number of nitrogens with one attached hydrogen (secondary N) is 1. The number of thiophene rings is 1. The minimum atomic E-state index is -0.134. The highest BCUT2D eigenvalue weighted by Crippen LogP contribution is 2.30. The zero-order valence-electron chi connectivity index (χ0n) is 16.8. The van der Waals surface area contributed by atoms with Gasteiger partial charge < -0.3 is 19.4 Å². The minimum absolute atomic E-state index is 0.0408. The lowest BCUT2D eigenvalue weighted by Crippen LogP contribution is -2.33. The first-order valence-electron chi connectivity index (χ1n) is 9.96. The molecule has 1 aromatic carbocycles. The van der Waals surface area contributed by atoms with E-state index in [9.17, 15) is 9.59 Å². The van der Waals surface area contributed by atoms with Gasteiger partial charge in [-0.05, 0) is 56.2 Å². The Morgan fingerprint density at radius 1 is 1.17 bits per heavy atom. The molecule has 0 unspecified atom stereocenters. The van der Waals surface area contributed by atoms with Crippen molar-refractivity contribution < 1.29 is 18.7 Å². The Balaban J connectivity index is 1.38. The molecule has 156 valence electrons. The summed E-state index contributed by atoms with van der Waals surface area (Å²) in [7, 11) is 0. The number of carbonyl (C=O) groups excluding carboxylic acids is 2. The molecule has 1 aliphatic carbocycles. The van der Waals surface area contributed by atoms with Crippen molar-refractivity contribution in [2.75, 3.05) is 11.9 Å². The van der Waals surface area contributed by atoms with Crippen LogP contribution in [0.3, 0.4) is 0 Å². The molecule has 1 aliphatic rings. The number of hydrogen-bond donors (Lipinski definition) is 1. The van der Waals surface area contributed by atoms with Gasteiger partial charge in [-0.25, -0.2) is 0 Å². The van der Waals surface area contributed by atoms with E-state index in [0.717, 1.165) is 23.5 Å². The second kappa shape index (κ2) is 9.17. The van der Waals surface area contributed by atoms with E-state index in [1.54, 1.807) is 40.7 Å². The average molecular weight is 425 g/mol. The fraction of sp³-hybridized carbons (Fsp3) is 0.304. The van der Waals surface area contributed by atoms with E-state index in [2.05, 4.69) is 5.32 Å². The Morgan fingerprint density at radius 3 is 2.73 bits per heavy atom. The quantitative estimate of drug-likeness (QED) is 0.545. The van der Waals surface area contributed by atoms with Crippen LogP contribution >= 0.6 is 11.3 Å². The first kappa shape index (κ1) is 20.2. The summed E-state index contributed by atoms with van der Waals surface area (Å²) in [6.45, 7) is 2.83. The Hall–Kier alpha value is -3.06. The molecule has 4 rings (SSSR count). The van der Waals surface area contributed by atoms with Crippen molar-refractivity contribution in [1.29, 1.82) is 0 Å². The van der Waals surface area contributed by atoms with Crippen LogP contribution in [0, 0.1) is 12.8 Å². The Bertz CT molecular complexity index is 1010. The zero-order chi connectivity index (χ0) is 20.9. The minimum Gasteiger partial charge on any atom is -0.484 e. The van der Waals surface area contributed by atoms with E-state index >= 15 is 0 Å². The van der Waals surface area contributed by atoms with Crippen molar-refractivity contribution >= 4 is 28.8 Å². The molecule has 30 heavy (non-hydrogen) atoms. The molecule has 0 radical (unpaired) electrons. The highest BCUT2D eigenvalue weighted by atomic mass is 32.1. The molecule has 1 saturated carbocycles. The van der Waals surface area contributed by atoms with Crippen molar-refractivity contribution in [3.63, 3.8) is 0 Å². The van der Waals surface area contributed by atoms with E-state index < -0.39 is 0 Å². The van der Waals surface area contributed by atoms with Crippen molar-refractivity contribution in [3.8, 4) is 5.75 Å². The van der Waals surface area contributed by atoms with Gasteiger partial charge in [0, 0.05) is 27.4 Å². The van der Waals surface area contributed by atoms with E-state index in [1.807, 2.05) is 37.3 Å². The summed E-state index contributed by atoms with van der Waals surface area (Å²) >= 11 is 1.67. The number of nitrogens with zero attached hydrogens (tertiary/aromatic N) is 1. The van der Waals surface area contributed by atoms with Crippen LogP contribution in [-0.2, 0) is 22.7 Å². The van der Waals surface area contributed by atoms with Gasteiger partial charge in [0.15, 0.2) is 6.61 Å². The third kappa shape index (κ3) is 5.51. The summed E-state index contributed by atoms with van der Waals surface area (Å²) in [5.74, 6) is 1.31. The summed E-state index contributed by atoms with van der Waals surface area (Å²) in [5.41, 5.74) is 0.679. The predicted molar refractivity (Wildman–Crippen MR) is 115 cm³/mol. The average Bonchev–Trinajstić information content (AvgIpc) is 3.32. The molecule has 3 aromatic rings. The number of hydrogen-bond acceptors (Lipinski definition) is 5. The molecule has 6 nitrogen and oxygen atoms in total. The molecule has 2 heterocycles. The van der Waals surface area contributed by atoms with Crippen LogP contribution in [0.4, 0.5) is 5.69 Å². The number of amides is 2. The first-order chi connectivity index (χ1) is 14.6. The van der Waals surface area contributed by atoms with Gasteiger partial charge in [0.05, 0.1) is 19.4 Å². The van der Waals surface area contributed by atoms with Gasteiger partial charge in [0.1, 0.15) is 11.5 Å². The largest absolute Gasteiger partial charge is 0.484 e. The van der Waals surface area contributed by atoms with Crippen LogP contribution < -0.4 is 10.1 Å². The van der Waals surface area contributed by atoms with Gasteiger partial charge in [-0.15, -0.1) is 11.3 Å². The monoisotopic (exact) mass is 424 g/mol. The molecule has 1 fully saturated rings. The molecule has 2 aromatic heterocycles. The molecule has 0 spiro atoms. The predicted octanol–water partition coefficient (Wildman–Crippen LogP) is 4.61. The second-order valence-electron chi connectivity index (χ2n) is 7.42. The van der Waals surface area contributed by atoms with Crippen LogP contribution in [0.25, 0.3) is 0 Å². The highest BCUT2D eigenvalue weighted by Gasteiger charge is 2.29. The molecule has 0 bridgehead atoms. The topological polar surface area (TPSA) is 71.8 Å². The lowest BCUT2D eigenvalue weighted by atomic mass is 10.3. The summed E-state index contributed by atoms with van der Waals surface area (Å²) in [5, 5.41) is 2.89. The maximum Gasteiger partial charge on any atom is 0.261 e. The maximum atomic E-state index is 12.9. The van der Waals surface area contributed by atoms with E-state index in [1.165, 1.54) is 4.88 Å². The molecule has 7 heteroatoms. The molecule has 0 aliphatic heterocycles. The normalized spacial score (nSPS) is 13.1. The summed E-state index contributed by atoms with van der Waals surface area (Å²) in [4.78, 5) is 28.9. The van der Waals surface area contributed by atoms with Crippen molar-refractivity contribution in [2.45, 2.75) is 32.9 Å². The van der Waals surface area contributed by atoms with Gasteiger partial charge in [0.25, 0.3) is 5.91 Å². The van der Waals surface area contributed by atoms with Crippen LogP contribution in [0.15, 0.2) is 59.2 Å². The number of anilines is 1. The Labute approximate surface area is 179 Å². The summed E-state index contributed by atoms with van der Waals surface area (Å²) < 4.78 is 11.2. The molecule has 0 saturated heterocycles. The van der Waals surface area contributed by atoms with E-state index in [4.69, 9.17) is 9.15 Å². The van der Waals surface area contributed by atoms with Crippen molar-refractivity contribution in [2.24, 2.45) is 5.92 Å². The fourth-order valence-corrected chi connectivity index (χ4v) is 3.98. The summed E-state index contributed by atoms with van der Waals surface area (Å²) in [6, 6.07) is 14.9. The Morgan fingerprint density at radius 2 is 2.03 bits per heavy atom. The molecular formula is C23H24N2O4S. The van der Waals surface area contributed by atoms with Crippen molar-refractivity contribution in [1.82, 2.24) is 4.90 Å². The van der Waals surface area contributed by atoms with E-state index in [-0.39, 0.29) is 24.3 Å². The van der Waals surface area contributed by atoms with Gasteiger partial charge in [-0.1, -0.05) is 6.07 Å². The van der Waals surface area contributed by atoms with Gasteiger partial charge >= 0.3 is 0 Å². The second-order valence-corrected chi connectivity index (χ2v) is 8.79. The first-order valence-corrected chi connectivity index (χ1v) is 10.8. The SMILES string of the molecule is Cc1ccc(CN(Cc2ccco2)C(=O)COc2cccc(NC(=O)C3CC3)c2)s1. The number of benzene rings is 1. The highest BCUT2D eigenvalue weighted by molar-refractivity contribution is 7.11. The molecular weight excluding hydrogens is 400 g/mol. The zero-order valence-corrected chi connectivity index (χ0v) is 17.6. The summed E-state index contributed by atoms with van der Waals surface area (Å²) in [6.07, 6.45) is 3.50. The smallest absolute Gasteiger partial charge is 0.261 e. The third-order valence-corrected chi connectivity index (χ3v) is 5.82. The molecule has 0 atom stereocenters. The van der Waals surface area contributed by atoms with E-state index in [0.29, 0.717) is 24.5 Å². The number of aryl methyl sites for hydroxylation is 1. The van der Waals surface area contributed by atoms with Crippen LogP contribution in [0.5, 0.6) is 5.75 Å². The standard InChI is InChI=1S/C23H24N2O4S/c1-16-7-10-21(30-16)14-25(13-20-6-3-11-28-20)22(26)15-29-19-5-2-4-18(12-19)24-23(27)17-8-9-17/h2-7,10-12,17H,8-9,13-15H2,1H3,(H,24,27). The van der Waals surface area contributed by atoms with Crippen LogP contribution in [-0.4, -0.2) is 23.3 Å². The van der Waals surface area contributed by atoms with Gasteiger partial charge in [-0.3, -0.25) is 9.59 Å².